The van der Waals surface area contributed by atoms with Gasteiger partial charge in [-0.05, 0) is 27.7 Å². The average Bonchev–Trinajstić information content (AvgIpc) is 2.82. The van der Waals surface area contributed by atoms with Crippen LogP contribution >= 0.6 is 0 Å². The van der Waals surface area contributed by atoms with Crippen LogP contribution in [0.2, 0.25) is 0 Å². The molecule has 2 heterocycles. The molecule has 0 aliphatic carbocycles. The van der Waals surface area contributed by atoms with E-state index >= 15 is 0 Å². The number of amides is 2. The molecular weight excluding hydrogens is 232 g/mol. The summed E-state index contributed by atoms with van der Waals surface area (Å²) in [6, 6.07) is 0.0550. The maximum Gasteiger partial charge on any atom is 0.349 e. The fourth-order valence-corrected chi connectivity index (χ4v) is 1.83. The van der Waals surface area contributed by atoms with Crippen molar-refractivity contribution in [2.45, 2.75) is 45.9 Å². The lowest BCUT2D eigenvalue weighted by Crippen LogP contribution is -2.68. The summed E-state index contributed by atoms with van der Waals surface area (Å²) < 4.78 is 0. The highest BCUT2D eigenvalue weighted by molar-refractivity contribution is 5.74. The summed E-state index contributed by atoms with van der Waals surface area (Å²) in [7, 11) is 0. The maximum absolute atomic E-state index is 12.2. The first-order valence-electron chi connectivity index (χ1n) is 6.14. The lowest BCUT2D eigenvalue weighted by molar-refractivity contribution is 0.00165. The topological polar surface area (TPSA) is 76.3 Å². The third kappa shape index (κ3) is 2.32. The van der Waals surface area contributed by atoms with Gasteiger partial charge in [0.15, 0.2) is 6.17 Å². The van der Waals surface area contributed by atoms with Gasteiger partial charge < -0.3 is 4.98 Å². The largest absolute Gasteiger partial charge is 0.349 e. The molecule has 0 bridgehead atoms. The van der Waals surface area contributed by atoms with Gasteiger partial charge in [-0.2, -0.15) is 0 Å². The Hall–Kier alpha value is -1.60. The van der Waals surface area contributed by atoms with Gasteiger partial charge in [0, 0.05) is 24.5 Å². The highest BCUT2D eigenvalue weighted by atomic mass is 16.2. The van der Waals surface area contributed by atoms with Gasteiger partial charge in [-0.15, -0.1) is 0 Å². The van der Waals surface area contributed by atoms with Gasteiger partial charge in [-0.3, -0.25) is 10.0 Å². The number of hydrogen-bond acceptors (Lipinski definition) is 4. The molecule has 0 unspecified atom stereocenters. The Kier molecular flexibility index (Phi) is 3.53. The molecule has 1 aromatic heterocycles. The molecule has 2 amide bonds. The van der Waals surface area contributed by atoms with Crippen LogP contribution in [0.25, 0.3) is 0 Å². The van der Waals surface area contributed by atoms with Gasteiger partial charge >= 0.3 is 6.03 Å². The number of carbonyl (C=O) groups is 1. The van der Waals surface area contributed by atoms with Crippen molar-refractivity contribution in [1.29, 1.82) is 0 Å². The van der Waals surface area contributed by atoms with E-state index in [1.165, 1.54) is 0 Å². The Bertz CT molecular complexity index is 382. The maximum atomic E-state index is 12.2. The Morgan fingerprint density at radius 1 is 1.17 bits per heavy atom. The van der Waals surface area contributed by atoms with Gasteiger partial charge in [-0.25, -0.2) is 20.6 Å². The molecule has 18 heavy (non-hydrogen) atoms. The van der Waals surface area contributed by atoms with Crippen molar-refractivity contribution in [2.75, 3.05) is 0 Å². The normalized spacial score (nSPS) is 18.2. The van der Waals surface area contributed by atoms with Crippen molar-refractivity contribution in [3.8, 4) is 0 Å². The summed E-state index contributed by atoms with van der Waals surface area (Å²) in [6.07, 6.45) is 3.21. The van der Waals surface area contributed by atoms with Crippen molar-refractivity contribution in [3.05, 3.63) is 18.2 Å². The molecule has 0 saturated carbocycles. The van der Waals surface area contributed by atoms with Crippen molar-refractivity contribution < 1.29 is 4.79 Å². The quantitative estimate of drug-likeness (QED) is 0.749. The van der Waals surface area contributed by atoms with Crippen molar-refractivity contribution >= 4 is 6.03 Å². The SMILES string of the molecule is CC(C)N1NC(c2ncc[nH]2)NN(C(C)C)C1=O. The molecule has 1 fully saturated rings. The first-order chi connectivity index (χ1) is 8.50. The first kappa shape index (κ1) is 12.8. The molecule has 0 spiro atoms. The summed E-state index contributed by atoms with van der Waals surface area (Å²) in [5.74, 6) is 0.749. The first-order valence-corrected chi connectivity index (χ1v) is 6.14. The van der Waals surface area contributed by atoms with E-state index in [4.69, 9.17) is 0 Å². The molecule has 1 aromatic rings. The van der Waals surface area contributed by atoms with Crippen LogP contribution in [0.1, 0.15) is 39.7 Å². The second-order valence-corrected chi connectivity index (χ2v) is 4.88. The molecule has 2 rings (SSSR count). The van der Waals surface area contributed by atoms with Crippen LogP contribution in [0.3, 0.4) is 0 Å². The number of urea groups is 1. The number of H-pyrrole nitrogens is 1. The Morgan fingerprint density at radius 2 is 1.72 bits per heavy atom. The van der Waals surface area contributed by atoms with Crippen LogP contribution in [0.15, 0.2) is 12.4 Å². The number of hydrazine groups is 2. The predicted octanol–water partition coefficient (Wildman–Crippen LogP) is 0.972. The van der Waals surface area contributed by atoms with Gasteiger partial charge in [-0.1, -0.05) is 0 Å². The minimum absolute atomic E-state index is 0.0679. The second kappa shape index (κ2) is 4.95. The summed E-state index contributed by atoms with van der Waals surface area (Å²) >= 11 is 0. The van der Waals surface area contributed by atoms with Crippen LogP contribution in [0.4, 0.5) is 4.79 Å². The van der Waals surface area contributed by atoms with E-state index in [0.29, 0.717) is 0 Å². The summed E-state index contributed by atoms with van der Waals surface area (Å²) in [4.78, 5) is 19.5. The molecular formula is C11H20N6O. The third-order valence-electron chi connectivity index (χ3n) is 2.77. The van der Waals surface area contributed by atoms with Crippen molar-refractivity contribution in [3.63, 3.8) is 0 Å². The summed E-state index contributed by atoms with van der Waals surface area (Å²) in [5.41, 5.74) is 6.25. The van der Waals surface area contributed by atoms with Crippen LogP contribution in [0.5, 0.6) is 0 Å². The number of nitrogens with one attached hydrogen (secondary N) is 3. The number of hydrogen-bond donors (Lipinski definition) is 3. The number of nitrogens with zero attached hydrogens (tertiary/aromatic N) is 3. The molecule has 7 heteroatoms. The van der Waals surface area contributed by atoms with E-state index in [0.717, 1.165) is 5.82 Å². The molecule has 0 aromatic carbocycles. The van der Waals surface area contributed by atoms with E-state index in [-0.39, 0.29) is 24.3 Å². The molecule has 100 valence electrons. The minimum Gasteiger partial charge on any atom is -0.346 e. The van der Waals surface area contributed by atoms with Crippen LogP contribution in [-0.2, 0) is 0 Å². The fourth-order valence-electron chi connectivity index (χ4n) is 1.83. The van der Waals surface area contributed by atoms with Crippen molar-refractivity contribution in [2.24, 2.45) is 0 Å². The summed E-state index contributed by atoms with van der Waals surface area (Å²) in [5, 5.41) is 3.23. The average molecular weight is 252 g/mol. The zero-order valence-corrected chi connectivity index (χ0v) is 11.1. The van der Waals surface area contributed by atoms with E-state index in [9.17, 15) is 4.79 Å². The third-order valence-corrected chi connectivity index (χ3v) is 2.77. The molecule has 1 aliphatic heterocycles. The molecule has 1 aliphatic rings. The van der Waals surface area contributed by atoms with Crippen LogP contribution < -0.4 is 10.9 Å². The van der Waals surface area contributed by atoms with Crippen molar-refractivity contribution in [1.82, 2.24) is 30.8 Å². The van der Waals surface area contributed by atoms with Gasteiger partial charge in [0.05, 0.1) is 0 Å². The fraction of sp³-hybridized carbons (Fsp3) is 0.636. The Morgan fingerprint density at radius 3 is 2.11 bits per heavy atom. The van der Waals surface area contributed by atoms with Crippen LogP contribution in [-0.4, -0.2) is 38.1 Å². The Labute approximate surface area is 106 Å². The molecule has 1 saturated heterocycles. The number of aromatic amines is 1. The highest BCUT2D eigenvalue weighted by Gasteiger charge is 2.35. The molecule has 0 radical (unpaired) electrons. The monoisotopic (exact) mass is 252 g/mol. The summed E-state index contributed by atoms with van der Waals surface area (Å²) in [6.45, 7) is 7.86. The number of carbonyl (C=O) groups excluding carboxylic acids is 1. The number of imidazole rings is 1. The zero-order chi connectivity index (χ0) is 13.3. The lowest BCUT2D eigenvalue weighted by atomic mass is 10.3. The molecule has 3 N–H and O–H groups in total. The van der Waals surface area contributed by atoms with E-state index in [2.05, 4.69) is 20.8 Å². The zero-order valence-electron chi connectivity index (χ0n) is 11.1. The highest BCUT2D eigenvalue weighted by Crippen LogP contribution is 2.16. The molecule has 7 nitrogen and oxygen atoms in total. The van der Waals surface area contributed by atoms with Gasteiger partial charge in [0.2, 0.25) is 0 Å². The van der Waals surface area contributed by atoms with Crippen LogP contribution in [0, 0.1) is 0 Å². The van der Waals surface area contributed by atoms with E-state index < -0.39 is 0 Å². The van der Waals surface area contributed by atoms with E-state index in [1.807, 2.05) is 27.7 Å². The predicted molar refractivity (Wildman–Crippen MR) is 66.9 cm³/mol. The van der Waals surface area contributed by atoms with Gasteiger partial charge in [0.25, 0.3) is 0 Å². The van der Waals surface area contributed by atoms with E-state index in [1.54, 1.807) is 22.4 Å². The Balaban J connectivity index is 2.22. The smallest absolute Gasteiger partial charge is 0.346 e. The lowest BCUT2D eigenvalue weighted by Gasteiger charge is -2.44. The second-order valence-electron chi connectivity index (χ2n) is 4.88. The standard InChI is InChI=1S/C11H20N6O/c1-7(2)16-11(18)17(8(3)4)15-10(14-16)9-12-5-6-13-9/h5-8,10,14-15H,1-4H3,(H,12,13). The molecule has 0 atom stereocenters. The number of aromatic nitrogens is 2. The number of rotatable bonds is 3. The minimum atomic E-state index is -0.234. The van der Waals surface area contributed by atoms with Gasteiger partial charge in [0.1, 0.15) is 5.82 Å².